The Kier molecular flexibility index (Phi) is 4.28. The Labute approximate surface area is 107 Å². The molecule has 0 radical (unpaired) electrons. The predicted octanol–water partition coefficient (Wildman–Crippen LogP) is 0.716. The zero-order chi connectivity index (χ0) is 13.1. The topological polar surface area (TPSA) is 86.9 Å². The highest BCUT2D eigenvalue weighted by Gasteiger charge is 2.26. The van der Waals surface area contributed by atoms with Gasteiger partial charge < -0.3 is 10.6 Å². The quantitative estimate of drug-likeness (QED) is 0.765. The number of rotatable bonds is 4. The minimum Gasteiger partial charge on any atom is -0.382 e. The number of anilines is 1. The van der Waals surface area contributed by atoms with Gasteiger partial charge in [0.1, 0.15) is 4.47 Å². The number of amides is 1. The lowest BCUT2D eigenvalue weighted by atomic mass is 9.92. The highest BCUT2D eigenvalue weighted by Crippen LogP contribution is 2.20. The second-order valence-electron chi connectivity index (χ2n) is 4.24. The first-order chi connectivity index (χ1) is 7.88. The summed E-state index contributed by atoms with van der Waals surface area (Å²) in [5, 5.41) is 11.6. The highest BCUT2D eigenvalue weighted by atomic mass is 79.9. The first-order valence-electron chi connectivity index (χ1n) is 5.07. The van der Waals surface area contributed by atoms with Crippen molar-refractivity contribution in [3.05, 3.63) is 21.0 Å². The molecule has 17 heavy (non-hydrogen) atoms. The summed E-state index contributed by atoms with van der Waals surface area (Å²) in [7, 11) is 1.59. The van der Waals surface area contributed by atoms with Gasteiger partial charge in [-0.25, -0.2) is 5.10 Å². The van der Waals surface area contributed by atoms with Gasteiger partial charge in [-0.1, -0.05) is 0 Å². The summed E-state index contributed by atoms with van der Waals surface area (Å²) in [6, 6.07) is 0. The maximum Gasteiger partial charge on any atom is 0.280 e. The normalized spacial score (nSPS) is 11.1. The number of nitrogens with zero attached hydrogens (tertiary/aromatic N) is 1. The molecule has 0 atom stereocenters. The van der Waals surface area contributed by atoms with E-state index in [2.05, 4.69) is 36.8 Å². The molecule has 0 aliphatic rings. The molecule has 0 spiro atoms. The Morgan fingerprint density at radius 2 is 2.24 bits per heavy atom. The van der Waals surface area contributed by atoms with E-state index in [4.69, 9.17) is 0 Å². The van der Waals surface area contributed by atoms with Crippen LogP contribution in [0.3, 0.4) is 0 Å². The van der Waals surface area contributed by atoms with Crippen LogP contribution in [0.5, 0.6) is 0 Å². The Morgan fingerprint density at radius 3 is 2.82 bits per heavy atom. The third-order valence-corrected chi connectivity index (χ3v) is 3.15. The molecule has 1 aromatic rings. The van der Waals surface area contributed by atoms with Crippen LogP contribution in [0.1, 0.15) is 13.8 Å². The minimum atomic E-state index is -0.573. The van der Waals surface area contributed by atoms with E-state index in [9.17, 15) is 9.59 Å². The molecular formula is C10H15BrN4O2. The van der Waals surface area contributed by atoms with Crippen molar-refractivity contribution in [3.8, 4) is 0 Å². The van der Waals surface area contributed by atoms with E-state index in [1.807, 2.05) is 13.8 Å². The van der Waals surface area contributed by atoms with Gasteiger partial charge in [-0.2, -0.15) is 5.10 Å². The van der Waals surface area contributed by atoms with Crippen LogP contribution in [-0.4, -0.2) is 29.7 Å². The molecule has 1 aromatic heterocycles. The van der Waals surface area contributed by atoms with Gasteiger partial charge in [0, 0.05) is 13.6 Å². The molecule has 0 fully saturated rings. The van der Waals surface area contributed by atoms with E-state index >= 15 is 0 Å². The number of hydrogen-bond acceptors (Lipinski definition) is 4. The van der Waals surface area contributed by atoms with Crippen LogP contribution >= 0.6 is 15.9 Å². The highest BCUT2D eigenvalue weighted by molar-refractivity contribution is 9.10. The molecule has 7 heteroatoms. The molecule has 0 bridgehead atoms. The standard InChI is InChI=1S/C10H15BrN4O2/c1-10(2,9(17)12-3)5-13-6-4-14-15-8(16)7(6)11/h4H,5H2,1-3H3,(H,12,17)(H2,13,15,16). The zero-order valence-electron chi connectivity index (χ0n) is 9.93. The minimum absolute atomic E-state index is 0.0704. The molecule has 0 aliphatic carbocycles. The number of carbonyl (C=O) groups excluding carboxylic acids is 1. The fraction of sp³-hybridized carbons (Fsp3) is 0.500. The van der Waals surface area contributed by atoms with Crippen LogP contribution in [0.4, 0.5) is 5.69 Å². The Balaban J connectivity index is 2.77. The van der Waals surface area contributed by atoms with Crippen molar-refractivity contribution in [2.45, 2.75) is 13.8 Å². The summed E-state index contributed by atoms with van der Waals surface area (Å²) >= 11 is 3.16. The molecule has 6 nitrogen and oxygen atoms in total. The first-order valence-corrected chi connectivity index (χ1v) is 5.87. The maximum absolute atomic E-state index is 11.6. The Morgan fingerprint density at radius 1 is 1.59 bits per heavy atom. The Bertz CT molecular complexity index is 470. The van der Waals surface area contributed by atoms with E-state index in [-0.39, 0.29) is 11.5 Å². The van der Waals surface area contributed by atoms with E-state index in [1.165, 1.54) is 6.20 Å². The van der Waals surface area contributed by atoms with Gasteiger partial charge >= 0.3 is 0 Å². The summed E-state index contributed by atoms with van der Waals surface area (Å²) in [5.41, 5.74) is -0.324. The predicted molar refractivity (Wildman–Crippen MR) is 68.9 cm³/mol. The molecule has 0 unspecified atom stereocenters. The number of nitrogens with one attached hydrogen (secondary N) is 3. The average molecular weight is 303 g/mol. The summed E-state index contributed by atoms with van der Waals surface area (Å²) in [6.07, 6.45) is 1.49. The lowest BCUT2D eigenvalue weighted by Crippen LogP contribution is -2.39. The van der Waals surface area contributed by atoms with E-state index < -0.39 is 5.41 Å². The molecule has 1 amide bonds. The number of carbonyl (C=O) groups is 1. The molecule has 3 N–H and O–H groups in total. The van der Waals surface area contributed by atoms with Gasteiger partial charge in [-0.05, 0) is 29.8 Å². The van der Waals surface area contributed by atoms with Crippen molar-refractivity contribution in [2.75, 3.05) is 18.9 Å². The van der Waals surface area contributed by atoms with Crippen LogP contribution in [0.25, 0.3) is 0 Å². The van der Waals surface area contributed by atoms with Crippen LogP contribution in [-0.2, 0) is 4.79 Å². The van der Waals surface area contributed by atoms with Gasteiger partial charge in [0.15, 0.2) is 0 Å². The van der Waals surface area contributed by atoms with E-state index in [0.29, 0.717) is 16.7 Å². The van der Waals surface area contributed by atoms with Crippen molar-refractivity contribution < 1.29 is 4.79 Å². The average Bonchev–Trinajstić information content (AvgIpc) is 2.30. The van der Waals surface area contributed by atoms with Gasteiger partial charge in [0.05, 0.1) is 17.3 Å². The van der Waals surface area contributed by atoms with E-state index in [1.54, 1.807) is 7.05 Å². The molecular weight excluding hydrogens is 288 g/mol. The number of H-pyrrole nitrogens is 1. The smallest absolute Gasteiger partial charge is 0.280 e. The van der Waals surface area contributed by atoms with Crippen LogP contribution in [0.15, 0.2) is 15.5 Å². The summed E-state index contributed by atoms with van der Waals surface area (Å²) in [4.78, 5) is 22.8. The summed E-state index contributed by atoms with van der Waals surface area (Å²) in [5.74, 6) is -0.0704. The van der Waals surface area contributed by atoms with Crippen molar-refractivity contribution in [2.24, 2.45) is 5.41 Å². The van der Waals surface area contributed by atoms with Crippen LogP contribution < -0.4 is 16.2 Å². The van der Waals surface area contributed by atoms with Gasteiger partial charge in [0.2, 0.25) is 5.91 Å². The second-order valence-corrected chi connectivity index (χ2v) is 5.04. The fourth-order valence-electron chi connectivity index (χ4n) is 1.24. The lowest BCUT2D eigenvalue weighted by Gasteiger charge is -2.23. The molecule has 1 heterocycles. The number of halogens is 1. The second kappa shape index (κ2) is 5.31. The SMILES string of the molecule is CNC(=O)C(C)(C)CNc1cn[nH]c(=O)c1Br. The number of aromatic amines is 1. The van der Waals surface area contributed by atoms with Crippen molar-refractivity contribution in [1.29, 1.82) is 0 Å². The van der Waals surface area contributed by atoms with Crippen molar-refractivity contribution >= 4 is 27.5 Å². The fourth-order valence-corrected chi connectivity index (χ4v) is 1.57. The number of hydrogen-bond donors (Lipinski definition) is 3. The number of aromatic nitrogens is 2. The third kappa shape index (κ3) is 3.29. The van der Waals surface area contributed by atoms with Gasteiger partial charge in [-0.15, -0.1) is 0 Å². The third-order valence-electron chi connectivity index (χ3n) is 2.36. The molecule has 0 aromatic carbocycles. The monoisotopic (exact) mass is 302 g/mol. The van der Waals surface area contributed by atoms with Crippen LogP contribution in [0.2, 0.25) is 0 Å². The summed E-state index contributed by atoms with van der Waals surface area (Å²) in [6.45, 7) is 4.02. The van der Waals surface area contributed by atoms with Gasteiger partial charge in [-0.3, -0.25) is 9.59 Å². The molecule has 0 saturated heterocycles. The molecule has 0 aliphatic heterocycles. The molecule has 0 saturated carbocycles. The van der Waals surface area contributed by atoms with Crippen molar-refractivity contribution in [1.82, 2.24) is 15.5 Å². The zero-order valence-corrected chi connectivity index (χ0v) is 11.5. The molecule has 1 rings (SSSR count). The first kappa shape index (κ1) is 13.7. The maximum atomic E-state index is 11.6. The van der Waals surface area contributed by atoms with E-state index in [0.717, 1.165) is 0 Å². The largest absolute Gasteiger partial charge is 0.382 e. The van der Waals surface area contributed by atoms with Gasteiger partial charge in [0.25, 0.3) is 5.56 Å². The Hall–Kier alpha value is -1.37. The van der Waals surface area contributed by atoms with Crippen LogP contribution in [0, 0.1) is 5.41 Å². The summed E-state index contributed by atoms with van der Waals surface area (Å²) < 4.78 is 0.375. The molecule has 94 valence electrons. The van der Waals surface area contributed by atoms with Crippen molar-refractivity contribution in [3.63, 3.8) is 0 Å². The lowest BCUT2D eigenvalue weighted by molar-refractivity contribution is -0.128.